The van der Waals surface area contributed by atoms with Crippen LogP contribution in [-0.2, 0) is 0 Å². The number of aromatic nitrogens is 2. The van der Waals surface area contributed by atoms with E-state index in [0.29, 0.717) is 12.2 Å². The standard InChI is InChI=1S/C10H15N5O/c1-12-15-10-7(6-14-15)9(13-4-5-16)3-2-8(10)11/h2-3,6,12-13,16H,4-5,11H2,1H3. The molecule has 0 spiro atoms. The predicted molar refractivity (Wildman–Crippen MR) is 65.0 cm³/mol. The zero-order chi connectivity index (χ0) is 11.5. The van der Waals surface area contributed by atoms with E-state index in [0.717, 1.165) is 16.6 Å². The molecule has 86 valence electrons. The van der Waals surface area contributed by atoms with Crippen LogP contribution in [0.15, 0.2) is 18.3 Å². The maximum atomic E-state index is 8.79. The highest BCUT2D eigenvalue weighted by Gasteiger charge is 2.09. The van der Waals surface area contributed by atoms with E-state index in [9.17, 15) is 0 Å². The molecule has 5 N–H and O–H groups in total. The van der Waals surface area contributed by atoms with E-state index in [1.807, 2.05) is 12.1 Å². The Morgan fingerprint density at radius 2 is 2.31 bits per heavy atom. The number of aliphatic hydroxyl groups excluding tert-OH is 1. The molecule has 6 heteroatoms. The molecule has 0 radical (unpaired) electrons. The van der Waals surface area contributed by atoms with Gasteiger partial charge < -0.3 is 21.6 Å². The first-order valence-corrected chi connectivity index (χ1v) is 5.06. The van der Waals surface area contributed by atoms with Gasteiger partial charge in [0.05, 0.1) is 18.5 Å². The average molecular weight is 221 g/mol. The first-order chi connectivity index (χ1) is 7.77. The highest BCUT2D eigenvalue weighted by molar-refractivity contribution is 5.98. The first-order valence-electron chi connectivity index (χ1n) is 5.06. The number of anilines is 2. The zero-order valence-corrected chi connectivity index (χ0v) is 9.07. The lowest BCUT2D eigenvalue weighted by Gasteiger charge is -2.08. The summed E-state index contributed by atoms with van der Waals surface area (Å²) >= 11 is 0. The minimum atomic E-state index is 0.0893. The predicted octanol–water partition coefficient (Wildman–Crippen LogP) is 0.196. The van der Waals surface area contributed by atoms with E-state index >= 15 is 0 Å². The van der Waals surface area contributed by atoms with E-state index in [4.69, 9.17) is 10.8 Å². The molecule has 0 saturated carbocycles. The molecule has 0 aliphatic carbocycles. The van der Waals surface area contributed by atoms with Gasteiger partial charge in [-0.1, -0.05) is 0 Å². The Kier molecular flexibility index (Phi) is 2.82. The van der Waals surface area contributed by atoms with Gasteiger partial charge in [0, 0.05) is 24.7 Å². The lowest BCUT2D eigenvalue weighted by Crippen LogP contribution is -2.11. The van der Waals surface area contributed by atoms with Crippen molar-refractivity contribution in [1.29, 1.82) is 0 Å². The van der Waals surface area contributed by atoms with Crippen LogP contribution in [0.4, 0.5) is 11.4 Å². The van der Waals surface area contributed by atoms with Crippen molar-refractivity contribution >= 4 is 22.3 Å². The lowest BCUT2D eigenvalue weighted by molar-refractivity contribution is 0.311. The maximum Gasteiger partial charge on any atom is 0.117 e. The third kappa shape index (κ3) is 1.63. The molecular formula is C10H15N5O. The van der Waals surface area contributed by atoms with Gasteiger partial charge in [-0.05, 0) is 12.1 Å². The molecule has 2 aromatic rings. The number of nitrogens with two attached hydrogens (primary N) is 1. The van der Waals surface area contributed by atoms with Gasteiger partial charge in [0.1, 0.15) is 5.52 Å². The van der Waals surface area contributed by atoms with Crippen LogP contribution in [0.5, 0.6) is 0 Å². The monoisotopic (exact) mass is 221 g/mol. The van der Waals surface area contributed by atoms with Crippen molar-refractivity contribution in [1.82, 2.24) is 9.89 Å². The number of nitrogen functional groups attached to an aromatic ring is 1. The van der Waals surface area contributed by atoms with Crippen LogP contribution < -0.4 is 16.5 Å². The Hall–Kier alpha value is -1.95. The average Bonchev–Trinajstić information content (AvgIpc) is 2.73. The van der Waals surface area contributed by atoms with Crippen molar-refractivity contribution in [2.75, 3.05) is 36.7 Å². The quantitative estimate of drug-likeness (QED) is 0.554. The molecule has 0 fully saturated rings. The Bertz CT molecular complexity index is 493. The molecular weight excluding hydrogens is 206 g/mol. The van der Waals surface area contributed by atoms with Crippen LogP contribution >= 0.6 is 0 Å². The molecule has 0 aliphatic rings. The van der Waals surface area contributed by atoms with Gasteiger partial charge in [-0.3, -0.25) is 0 Å². The summed E-state index contributed by atoms with van der Waals surface area (Å²) in [7, 11) is 1.78. The third-order valence-corrected chi connectivity index (χ3v) is 2.40. The molecule has 16 heavy (non-hydrogen) atoms. The largest absolute Gasteiger partial charge is 0.397 e. The molecule has 0 bridgehead atoms. The van der Waals surface area contributed by atoms with Crippen LogP contribution in [0, 0.1) is 0 Å². The zero-order valence-electron chi connectivity index (χ0n) is 9.07. The van der Waals surface area contributed by atoms with Gasteiger partial charge in [-0.2, -0.15) is 9.89 Å². The summed E-state index contributed by atoms with van der Waals surface area (Å²) in [4.78, 5) is 1.62. The van der Waals surface area contributed by atoms with Crippen molar-refractivity contribution in [2.45, 2.75) is 0 Å². The van der Waals surface area contributed by atoms with Gasteiger partial charge in [-0.15, -0.1) is 0 Å². The van der Waals surface area contributed by atoms with Crippen molar-refractivity contribution in [3.8, 4) is 0 Å². The molecule has 6 nitrogen and oxygen atoms in total. The summed E-state index contributed by atoms with van der Waals surface area (Å²) in [6.45, 7) is 0.593. The minimum Gasteiger partial charge on any atom is -0.397 e. The summed E-state index contributed by atoms with van der Waals surface area (Å²) in [5.74, 6) is 0. The van der Waals surface area contributed by atoms with Crippen LogP contribution in [0.2, 0.25) is 0 Å². The summed E-state index contributed by atoms with van der Waals surface area (Å²) in [6, 6.07) is 3.70. The molecule has 1 heterocycles. The summed E-state index contributed by atoms with van der Waals surface area (Å²) in [5, 5.41) is 17.0. The fraction of sp³-hybridized carbons (Fsp3) is 0.300. The van der Waals surface area contributed by atoms with E-state index in [2.05, 4.69) is 15.8 Å². The van der Waals surface area contributed by atoms with Crippen molar-refractivity contribution in [3.05, 3.63) is 18.3 Å². The van der Waals surface area contributed by atoms with Gasteiger partial charge in [0.2, 0.25) is 0 Å². The van der Waals surface area contributed by atoms with Crippen molar-refractivity contribution < 1.29 is 5.11 Å². The normalized spacial score (nSPS) is 10.6. The molecule has 2 rings (SSSR count). The fourth-order valence-corrected chi connectivity index (χ4v) is 1.68. The third-order valence-electron chi connectivity index (χ3n) is 2.40. The topological polar surface area (TPSA) is 88.1 Å². The van der Waals surface area contributed by atoms with Crippen molar-refractivity contribution in [3.63, 3.8) is 0 Å². The van der Waals surface area contributed by atoms with Gasteiger partial charge in [0.15, 0.2) is 0 Å². The molecule has 0 amide bonds. The first kappa shape index (κ1) is 10.6. The van der Waals surface area contributed by atoms with Crippen LogP contribution in [0.1, 0.15) is 0 Å². The molecule has 1 aromatic heterocycles. The molecule has 1 aromatic carbocycles. The Morgan fingerprint density at radius 3 is 3.00 bits per heavy atom. The number of aliphatic hydroxyl groups is 1. The Balaban J connectivity index is 2.52. The smallest absolute Gasteiger partial charge is 0.117 e. The second-order valence-electron chi connectivity index (χ2n) is 3.39. The van der Waals surface area contributed by atoms with Crippen LogP contribution in [-0.4, -0.2) is 35.2 Å². The van der Waals surface area contributed by atoms with Gasteiger partial charge in [-0.25, -0.2) is 0 Å². The SMILES string of the molecule is CNn1ncc2c(NCCO)ccc(N)c21. The van der Waals surface area contributed by atoms with Gasteiger partial charge in [0.25, 0.3) is 0 Å². The van der Waals surface area contributed by atoms with E-state index < -0.39 is 0 Å². The number of fused-ring (bicyclic) bond motifs is 1. The Labute approximate surface area is 93.0 Å². The summed E-state index contributed by atoms with van der Waals surface area (Å²) in [6.07, 6.45) is 1.74. The van der Waals surface area contributed by atoms with Gasteiger partial charge >= 0.3 is 0 Å². The molecule has 0 unspecified atom stereocenters. The summed E-state index contributed by atoms with van der Waals surface area (Å²) < 4.78 is 0. The lowest BCUT2D eigenvalue weighted by atomic mass is 10.2. The highest BCUT2D eigenvalue weighted by Crippen LogP contribution is 2.27. The molecule has 0 atom stereocenters. The second kappa shape index (κ2) is 4.28. The molecule has 0 aliphatic heterocycles. The van der Waals surface area contributed by atoms with E-state index in [1.54, 1.807) is 18.0 Å². The van der Waals surface area contributed by atoms with E-state index in [-0.39, 0.29) is 6.61 Å². The fourth-order valence-electron chi connectivity index (χ4n) is 1.68. The van der Waals surface area contributed by atoms with E-state index in [1.165, 1.54) is 0 Å². The number of hydrogen-bond acceptors (Lipinski definition) is 5. The summed E-state index contributed by atoms with van der Waals surface area (Å²) in [5.41, 5.74) is 11.2. The number of hydrogen-bond donors (Lipinski definition) is 4. The van der Waals surface area contributed by atoms with Crippen LogP contribution in [0.25, 0.3) is 10.9 Å². The maximum absolute atomic E-state index is 8.79. The van der Waals surface area contributed by atoms with Crippen molar-refractivity contribution in [2.24, 2.45) is 0 Å². The molecule has 0 saturated heterocycles. The number of rotatable bonds is 4. The highest BCUT2D eigenvalue weighted by atomic mass is 16.3. The van der Waals surface area contributed by atoms with Crippen LogP contribution in [0.3, 0.4) is 0 Å². The number of nitrogens with one attached hydrogen (secondary N) is 2. The number of nitrogens with zero attached hydrogens (tertiary/aromatic N) is 2. The Morgan fingerprint density at radius 1 is 1.50 bits per heavy atom. The number of benzene rings is 1. The minimum absolute atomic E-state index is 0.0893. The second-order valence-corrected chi connectivity index (χ2v) is 3.39.